The summed E-state index contributed by atoms with van der Waals surface area (Å²) in [4.78, 5) is 0. The van der Waals surface area contributed by atoms with Crippen LogP contribution in [0, 0.1) is 5.82 Å². The summed E-state index contributed by atoms with van der Waals surface area (Å²) in [6.45, 7) is 0.858. The SMILES string of the molecule is Fc1ccc(C2CC(NCc3cn[nH]c3)C2)cc1. The van der Waals surface area contributed by atoms with E-state index in [1.807, 2.05) is 24.5 Å². The predicted molar refractivity (Wildman–Crippen MR) is 67.6 cm³/mol. The van der Waals surface area contributed by atoms with E-state index in [4.69, 9.17) is 0 Å². The van der Waals surface area contributed by atoms with E-state index in [0.717, 1.165) is 19.4 Å². The third kappa shape index (κ3) is 2.43. The molecule has 1 heterocycles. The molecule has 0 bridgehead atoms. The van der Waals surface area contributed by atoms with Gasteiger partial charge >= 0.3 is 0 Å². The van der Waals surface area contributed by atoms with Gasteiger partial charge in [-0.2, -0.15) is 5.10 Å². The lowest BCUT2D eigenvalue weighted by Gasteiger charge is -2.36. The molecule has 1 aromatic carbocycles. The largest absolute Gasteiger partial charge is 0.310 e. The monoisotopic (exact) mass is 245 g/mol. The Balaban J connectivity index is 1.47. The van der Waals surface area contributed by atoms with E-state index < -0.39 is 0 Å². The van der Waals surface area contributed by atoms with E-state index in [1.54, 1.807) is 12.1 Å². The molecule has 1 aliphatic rings. The van der Waals surface area contributed by atoms with Crippen molar-refractivity contribution in [3.8, 4) is 0 Å². The van der Waals surface area contributed by atoms with Gasteiger partial charge in [0, 0.05) is 24.3 Å². The molecule has 1 aromatic heterocycles. The summed E-state index contributed by atoms with van der Waals surface area (Å²) >= 11 is 0. The number of rotatable bonds is 4. The molecular weight excluding hydrogens is 229 g/mol. The first-order chi connectivity index (χ1) is 8.81. The molecule has 2 aromatic rings. The van der Waals surface area contributed by atoms with Gasteiger partial charge in [-0.15, -0.1) is 0 Å². The van der Waals surface area contributed by atoms with Crippen LogP contribution in [-0.2, 0) is 6.54 Å². The van der Waals surface area contributed by atoms with Gasteiger partial charge in [-0.25, -0.2) is 4.39 Å². The fourth-order valence-electron chi connectivity index (χ4n) is 2.43. The third-order valence-corrected chi connectivity index (χ3v) is 3.63. The van der Waals surface area contributed by atoms with E-state index >= 15 is 0 Å². The molecule has 94 valence electrons. The average molecular weight is 245 g/mol. The summed E-state index contributed by atoms with van der Waals surface area (Å²) < 4.78 is 12.8. The van der Waals surface area contributed by atoms with Gasteiger partial charge in [0.25, 0.3) is 0 Å². The van der Waals surface area contributed by atoms with Crippen molar-refractivity contribution >= 4 is 0 Å². The smallest absolute Gasteiger partial charge is 0.123 e. The maximum Gasteiger partial charge on any atom is 0.123 e. The van der Waals surface area contributed by atoms with Gasteiger partial charge in [0.15, 0.2) is 0 Å². The van der Waals surface area contributed by atoms with Crippen LogP contribution < -0.4 is 5.32 Å². The molecule has 1 saturated carbocycles. The van der Waals surface area contributed by atoms with Gasteiger partial charge in [0.1, 0.15) is 5.82 Å². The van der Waals surface area contributed by atoms with E-state index in [-0.39, 0.29) is 5.82 Å². The molecule has 3 rings (SSSR count). The van der Waals surface area contributed by atoms with Crippen molar-refractivity contribution in [3.05, 3.63) is 53.6 Å². The fraction of sp³-hybridized carbons (Fsp3) is 0.357. The van der Waals surface area contributed by atoms with Crippen molar-refractivity contribution in [1.82, 2.24) is 15.5 Å². The van der Waals surface area contributed by atoms with Crippen molar-refractivity contribution in [2.24, 2.45) is 0 Å². The Bertz CT molecular complexity index is 486. The Kier molecular flexibility index (Phi) is 3.11. The summed E-state index contributed by atoms with van der Waals surface area (Å²) in [5.74, 6) is 0.417. The van der Waals surface area contributed by atoms with Crippen LogP contribution in [0.15, 0.2) is 36.7 Å². The first-order valence-corrected chi connectivity index (χ1v) is 6.28. The first kappa shape index (κ1) is 11.4. The summed E-state index contributed by atoms with van der Waals surface area (Å²) in [5.41, 5.74) is 2.43. The Morgan fingerprint density at radius 3 is 2.72 bits per heavy atom. The lowest BCUT2D eigenvalue weighted by Crippen LogP contribution is -2.39. The summed E-state index contributed by atoms with van der Waals surface area (Å²) in [6, 6.07) is 7.44. The minimum atomic E-state index is -0.160. The summed E-state index contributed by atoms with van der Waals surface area (Å²) in [7, 11) is 0. The molecule has 0 saturated heterocycles. The molecule has 0 unspecified atom stereocenters. The number of aromatic nitrogens is 2. The topological polar surface area (TPSA) is 40.7 Å². The van der Waals surface area contributed by atoms with Crippen molar-refractivity contribution in [1.29, 1.82) is 0 Å². The predicted octanol–water partition coefficient (Wildman–Crippen LogP) is 2.58. The van der Waals surface area contributed by atoms with E-state index in [0.29, 0.717) is 12.0 Å². The second-order valence-corrected chi connectivity index (χ2v) is 4.90. The van der Waals surface area contributed by atoms with Crippen LogP contribution in [0.25, 0.3) is 0 Å². The van der Waals surface area contributed by atoms with E-state index in [1.165, 1.54) is 11.1 Å². The van der Waals surface area contributed by atoms with Crippen LogP contribution in [0.3, 0.4) is 0 Å². The highest BCUT2D eigenvalue weighted by molar-refractivity contribution is 5.23. The molecule has 1 fully saturated rings. The van der Waals surface area contributed by atoms with E-state index in [2.05, 4.69) is 15.5 Å². The van der Waals surface area contributed by atoms with Crippen molar-refractivity contribution in [3.63, 3.8) is 0 Å². The normalized spacial score (nSPS) is 22.7. The Morgan fingerprint density at radius 2 is 2.06 bits per heavy atom. The number of H-pyrrole nitrogens is 1. The highest BCUT2D eigenvalue weighted by Crippen LogP contribution is 2.36. The van der Waals surface area contributed by atoms with Gasteiger partial charge in [-0.05, 0) is 36.5 Å². The molecule has 2 N–H and O–H groups in total. The lowest BCUT2D eigenvalue weighted by molar-refractivity contribution is 0.289. The second kappa shape index (κ2) is 4.90. The molecule has 0 atom stereocenters. The molecular formula is C14H16FN3. The lowest BCUT2D eigenvalue weighted by atomic mass is 9.76. The van der Waals surface area contributed by atoms with Crippen LogP contribution in [0.1, 0.15) is 29.9 Å². The third-order valence-electron chi connectivity index (χ3n) is 3.63. The number of hydrogen-bond donors (Lipinski definition) is 2. The van der Waals surface area contributed by atoms with Gasteiger partial charge in [-0.3, -0.25) is 5.10 Å². The number of hydrogen-bond acceptors (Lipinski definition) is 2. The first-order valence-electron chi connectivity index (χ1n) is 6.28. The zero-order chi connectivity index (χ0) is 12.4. The molecule has 0 spiro atoms. The van der Waals surface area contributed by atoms with Crippen molar-refractivity contribution < 1.29 is 4.39 Å². The van der Waals surface area contributed by atoms with Crippen molar-refractivity contribution in [2.75, 3.05) is 0 Å². The van der Waals surface area contributed by atoms with Crippen molar-refractivity contribution in [2.45, 2.75) is 31.3 Å². The highest BCUT2D eigenvalue weighted by atomic mass is 19.1. The zero-order valence-electron chi connectivity index (χ0n) is 10.1. The van der Waals surface area contributed by atoms with Crippen LogP contribution in [0.2, 0.25) is 0 Å². The van der Waals surface area contributed by atoms with E-state index in [9.17, 15) is 4.39 Å². The minimum Gasteiger partial charge on any atom is -0.310 e. The maximum absolute atomic E-state index is 12.8. The molecule has 4 heteroatoms. The maximum atomic E-state index is 12.8. The molecule has 1 aliphatic carbocycles. The van der Waals surface area contributed by atoms with Crippen LogP contribution in [-0.4, -0.2) is 16.2 Å². The Morgan fingerprint density at radius 1 is 1.28 bits per heavy atom. The molecule has 0 amide bonds. The molecule has 3 nitrogen and oxygen atoms in total. The quantitative estimate of drug-likeness (QED) is 0.869. The summed E-state index contributed by atoms with van der Waals surface area (Å²) in [6.07, 6.45) is 6.00. The molecule has 0 radical (unpaired) electrons. The van der Waals surface area contributed by atoms with Gasteiger partial charge in [0.2, 0.25) is 0 Å². The number of nitrogens with one attached hydrogen (secondary N) is 2. The molecule has 0 aliphatic heterocycles. The fourth-order valence-corrected chi connectivity index (χ4v) is 2.43. The zero-order valence-corrected chi connectivity index (χ0v) is 10.1. The number of aromatic amines is 1. The standard InChI is InChI=1S/C14H16FN3/c15-13-3-1-11(2-4-13)12-5-14(6-12)16-7-10-8-17-18-9-10/h1-4,8-9,12,14,16H,5-7H2,(H,17,18). The van der Waals surface area contributed by atoms with Crippen LogP contribution >= 0.6 is 0 Å². The minimum absolute atomic E-state index is 0.160. The highest BCUT2D eigenvalue weighted by Gasteiger charge is 2.29. The number of halogens is 1. The average Bonchev–Trinajstić information content (AvgIpc) is 2.82. The second-order valence-electron chi connectivity index (χ2n) is 4.90. The Labute approximate surface area is 105 Å². The van der Waals surface area contributed by atoms with Gasteiger partial charge in [-0.1, -0.05) is 12.1 Å². The van der Waals surface area contributed by atoms with Crippen LogP contribution in [0.5, 0.6) is 0 Å². The van der Waals surface area contributed by atoms with Gasteiger partial charge in [0.05, 0.1) is 6.20 Å². The van der Waals surface area contributed by atoms with Crippen LogP contribution in [0.4, 0.5) is 4.39 Å². The van der Waals surface area contributed by atoms with Gasteiger partial charge < -0.3 is 5.32 Å². The summed E-state index contributed by atoms with van der Waals surface area (Å²) in [5, 5.41) is 10.2. The Hall–Kier alpha value is -1.68. The molecule has 18 heavy (non-hydrogen) atoms. The number of benzene rings is 1. The number of nitrogens with zero attached hydrogens (tertiary/aromatic N) is 1.